The van der Waals surface area contributed by atoms with Crippen molar-refractivity contribution in [2.24, 2.45) is 11.5 Å². The summed E-state index contributed by atoms with van der Waals surface area (Å²) in [6, 6.07) is 0.841. The number of aliphatic carboxylic acids is 1. The molecular formula is C21H29N5O8. The van der Waals surface area contributed by atoms with Crippen LogP contribution in [0.5, 0.6) is 5.75 Å². The second-order valence-corrected chi connectivity index (χ2v) is 7.98. The summed E-state index contributed by atoms with van der Waals surface area (Å²) < 4.78 is 0. The number of carboxylic acids is 1. The van der Waals surface area contributed by atoms with Crippen molar-refractivity contribution in [3.63, 3.8) is 0 Å². The maximum atomic E-state index is 12.9. The Morgan fingerprint density at radius 3 is 2.29 bits per heavy atom. The van der Waals surface area contributed by atoms with Gasteiger partial charge in [0.05, 0.1) is 19.1 Å². The summed E-state index contributed by atoms with van der Waals surface area (Å²) in [4.78, 5) is 61.7. The van der Waals surface area contributed by atoms with Crippen molar-refractivity contribution in [1.29, 1.82) is 0 Å². The topological polar surface area (TPSA) is 225 Å². The van der Waals surface area contributed by atoms with Crippen LogP contribution in [0.1, 0.15) is 24.8 Å². The van der Waals surface area contributed by atoms with Crippen LogP contribution < -0.4 is 22.1 Å². The first kappa shape index (κ1) is 26.5. The Morgan fingerprint density at radius 1 is 1.09 bits per heavy atom. The van der Waals surface area contributed by atoms with Gasteiger partial charge in [0.2, 0.25) is 23.6 Å². The van der Waals surface area contributed by atoms with Gasteiger partial charge in [-0.3, -0.25) is 19.2 Å². The summed E-state index contributed by atoms with van der Waals surface area (Å²) in [5.41, 5.74) is 11.1. The Labute approximate surface area is 195 Å². The summed E-state index contributed by atoms with van der Waals surface area (Å²) in [6.07, 6.45) is 0.211. The number of carbonyl (C=O) groups is 5. The number of amides is 4. The largest absolute Gasteiger partial charge is 0.508 e. The third kappa shape index (κ3) is 7.15. The number of aromatic hydroxyl groups is 1. The lowest BCUT2D eigenvalue weighted by molar-refractivity contribution is -0.145. The number of benzene rings is 1. The van der Waals surface area contributed by atoms with Crippen molar-refractivity contribution in [2.75, 3.05) is 13.2 Å². The summed E-state index contributed by atoms with van der Waals surface area (Å²) in [7, 11) is 0. The fourth-order valence-electron chi connectivity index (χ4n) is 3.61. The average Bonchev–Trinajstić information content (AvgIpc) is 3.27. The van der Waals surface area contributed by atoms with Gasteiger partial charge in [0, 0.05) is 13.0 Å². The molecule has 4 unspecified atom stereocenters. The van der Waals surface area contributed by atoms with Gasteiger partial charge >= 0.3 is 5.97 Å². The first-order chi connectivity index (χ1) is 16.0. The molecule has 0 radical (unpaired) electrons. The minimum atomic E-state index is -1.41. The van der Waals surface area contributed by atoms with Crippen LogP contribution in [-0.2, 0) is 30.4 Å². The average molecular weight is 479 g/mol. The van der Waals surface area contributed by atoms with Gasteiger partial charge in [0.15, 0.2) is 0 Å². The van der Waals surface area contributed by atoms with Gasteiger partial charge < -0.3 is 42.3 Å². The van der Waals surface area contributed by atoms with Crippen LogP contribution in [-0.4, -0.2) is 87.1 Å². The lowest BCUT2D eigenvalue weighted by atomic mass is 10.0. The first-order valence-electron chi connectivity index (χ1n) is 10.6. The van der Waals surface area contributed by atoms with Crippen molar-refractivity contribution in [1.82, 2.24) is 15.5 Å². The fourth-order valence-corrected chi connectivity index (χ4v) is 3.61. The van der Waals surface area contributed by atoms with E-state index in [2.05, 4.69) is 10.6 Å². The van der Waals surface area contributed by atoms with Gasteiger partial charge in [-0.05, 0) is 30.5 Å². The van der Waals surface area contributed by atoms with Gasteiger partial charge in [-0.2, -0.15) is 0 Å². The van der Waals surface area contributed by atoms with E-state index >= 15 is 0 Å². The molecule has 0 aromatic heterocycles. The van der Waals surface area contributed by atoms with Crippen LogP contribution in [0, 0.1) is 0 Å². The van der Waals surface area contributed by atoms with Gasteiger partial charge in [-0.1, -0.05) is 12.1 Å². The van der Waals surface area contributed by atoms with E-state index in [0.29, 0.717) is 12.0 Å². The quantitative estimate of drug-likeness (QED) is 0.173. The number of rotatable bonds is 11. The van der Waals surface area contributed by atoms with Crippen molar-refractivity contribution >= 4 is 29.6 Å². The highest BCUT2D eigenvalue weighted by molar-refractivity contribution is 5.95. The van der Waals surface area contributed by atoms with Crippen molar-refractivity contribution in [3.05, 3.63) is 29.8 Å². The minimum Gasteiger partial charge on any atom is -0.508 e. The van der Waals surface area contributed by atoms with E-state index in [1.165, 1.54) is 24.3 Å². The molecule has 2 rings (SSSR count). The van der Waals surface area contributed by atoms with E-state index in [-0.39, 0.29) is 25.1 Å². The van der Waals surface area contributed by atoms with Gasteiger partial charge in [-0.15, -0.1) is 0 Å². The molecule has 0 saturated carbocycles. The number of hydrogen-bond acceptors (Lipinski definition) is 8. The predicted molar refractivity (Wildman–Crippen MR) is 117 cm³/mol. The molecule has 9 N–H and O–H groups in total. The van der Waals surface area contributed by atoms with Crippen LogP contribution in [0.4, 0.5) is 0 Å². The zero-order valence-corrected chi connectivity index (χ0v) is 18.3. The van der Waals surface area contributed by atoms with Gasteiger partial charge in [-0.25, -0.2) is 4.79 Å². The molecule has 0 aliphatic carbocycles. The van der Waals surface area contributed by atoms with Crippen molar-refractivity contribution in [2.45, 2.75) is 49.9 Å². The molecule has 0 bridgehead atoms. The van der Waals surface area contributed by atoms with Crippen molar-refractivity contribution in [3.8, 4) is 5.75 Å². The third-order valence-electron chi connectivity index (χ3n) is 5.38. The second-order valence-electron chi connectivity index (χ2n) is 7.98. The Hall–Kier alpha value is -3.71. The van der Waals surface area contributed by atoms with Crippen molar-refractivity contribution < 1.29 is 39.3 Å². The van der Waals surface area contributed by atoms with E-state index in [4.69, 9.17) is 11.5 Å². The predicted octanol–water partition coefficient (Wildman–Crippen LogP) is -2.83. The molecule has 1 aliphatic rings. The molecule has 1 aromatic rings. The zero-order chi connectivity index (χ0) is 25.4. The van der Waals surface area contributed by atoms with E-state index in [9.17, 15) is 39.3 Å². The maximum absolute atomic E-state index is 12.9. The minimum absolute atomic E-state index is 0.0147. The van der Waals surface area contributed by atoms with Crippen LogP contribution in [0.15, 0.2) is 24.3 Å². The number of phenols is 1. The number of primary amides is 1. The van der Waals surface area contributed by atoms with Crippen LogP contribution in [0.3, 0.4) is 0 Å². The van der Waals surface area contributed by atoms with Gasteiger partial charge in [0.25, 0.3) is 0 Å². The molecule has 1 aromatic carbocycles. The van der Waals surface area contributed by atoms with E-state index in [0.717, 1.165) is 4.90 Å². The molecule has 0 spiro atoms. The highest BCUT2D eigenvalue weighted by Crippen LogP contribution is 2.19. The molecular weight excluding hydrogens is 450 g/mol. The number of nitrogens with one attached hydrogen (secondary N) is 2. The summed E-state index contributed by atoms with van der Waals surface area (Å²) >= 11 is 0. The number of aliphatic hydroxyl groups is 1. The number of aliphatic hydroxyl groups excluding tert-OH is 1. The number of phenolic OH excluding ortho intramolecular Hbond substituents is 1. The van der Waals surface area contributed by atoms with Crippen LogP contribution in [0.2, 0.25) is 0 Å². The van der Waals surface area contributed by atoms with E-state index < -0.39 is 66.8 Å². The summed E-state index contributed by atoms with van der Waals surface area (Å²) in [6.45, 7) is -0.621. The lowest BCUT2D eigenvalue weighted by Gasteiger charge is -2.29. The highest BCUT2D eigenvalue weighted by Gasteiger charge is 2.39. The standard InChI is InChI=1S/C21H29N5O8/c22-13(9-17(23)29)18(30)25-15(10-27)20(32)26-7-1-2-16(26)19(31)24-14(21(33)34)8-11-3-5-12(28)6-4-11/h3-6,13-16,27-28H,1-2,7-10,22H2,(H2,23,29)(H,24,31)(H,25,30)(H,33,34). The Balaban J connectivity index is 2.06. The molecule has 1 fully saturated rings. The molecule has 4 amide bonds. The Morgan fingerprint density at radius 2 is 1.74 bits per heavy atom. The highest BCUT2D eigenvalue weighted by atomic mass is 16.4. The van der Waals surface area contributed by atoms with Crippen LogP contribution >= 0.6 is 0 Å². The molecule has 34 heavy (non-hydrogen) atoms. The number of hydrogen-bond donors (Lipinski definition) is 7. The lowest BCUT2D eigenvalue weighted by Crippen LogP contribution is -2.58. The zero-order valence-electron chi connectivity index (χ0n) is 18.3. The van der Waals surface area contributed by atoms with Crippen LogP contribution in [0.25, 0.3) is 0 Å². The summed E-state index contributed by atoms with van der Waals surface area (Å²) in [5, 5.41) is 33.2. The first-order valence-corrected chi connectivity index (χ1v) is 10.6. The Bertz CT molecular complexity index is 922. The molecule has 186 valence electrons. The number of carbonyl (C=O) groups excluding carboxylic acids is 4. The molecule has 4 atom stereocenters. The molecule has 13 nitrogen and oxygen atoms in total. The fraction of sp³-hybridized carbons (Fsp3) is 0.476. The van der Waals surface area contributed by atoms with E-state index in [1.54, 1.807) is 0 Å². The summed E-state index contributed by atoms with van der Waals surface area (Å²) in [5.74, 6) is -4.38. The second kappa shape index (κ2) is 12.0. The molecule has 1 aliphatic heterocycles. The Kier molecular flexibility index (Phi) is 9.33. The number of nitrogens with two attached hydrogens (primary N) is 2. The smallest absolute Gasteiger partial charge is 0.326 e. The van der Waals surface area contributed by atoms with E-state index in [1.807, 2.05) is 0 Å². The maximum Gasteiger partial charge on any atom is 0.326 e. The number of carboxylic acid groups (broad SMARTS) is 1. The monoisotopic (exact) mass is 479 g/mol. The SMILES string of the molecule is NC(=O)CC(N)C(=O)NC(CO)C(=O)N1CCCC1C(=O)NC(Cc1ccc(O)cc1)C(=O)O. The normalized spacial score (nSPS) is 17.9. The number of nitrogens with zero attached hydrogens (tertiary/aromatic N) is 1. The third-order valence-corrected chi connectivity index (χ3v) is 5.38. The molecule has 1 saturated heterocycles. The number of likely N-dealkylation sites (tertiary alicyclic amines) is 1. The molecule has 13 heteroatoms. The van der Waals surface area contributed by atoms with Gasteiger partial charge in [0.1, 0.15) is 23.9 Å². The molecule has 1 heterocycles.